The largest absolute Gasteiger partial charge is 0.0651 e. The molecule has 0 aromatic heterocycles. The van der Waals surface area contributed by atoms with E-state index < -0.39 is 0 Å². The van der Waals surface area contributed by atoms with Crippen LogP contribution in [0.1, 0.15) is 74.1 Å². The van der Waals surface area contributed by atoms with Crippen molar-refractivity contribution >= 4 is 0 Å². The van der Waals surface area contributed by atoms with Gasteiger partial charge in [-0.2, -0.15) is 0 Å². The van der Waals surface area contributed by atoms with Crippen LogP contribution in [0.15, 0.2) is 0 Å². The van der Waals surface area contributed by atoms with Crippen LogP contribution in [0.25, 0.3) is 0 Å². The third-order valence-electron chi connectivity index (χ3n) is 4.88. The molecule has 0 N–H and O–H groups in total. The molecular weight excluding hydrogens is 192 g/mol. The average molecular weight is 226 g/mol. The molecule has 0 radical (unpaired) electrons. The Morgan fingerprint density at radius 2 is 1.12 bits per heavy atom. The average Bonchev–Trinajstić information content (AvgIpc) is 2.26. The minimum atomic E-state index is 0.832. The van der Waals surface area contributed by atoms with Crippen molar-refractivity contribution in [2.75, 3.05) is 0 Å². The van der Waals surface area contributed by atoms with Crippen molar-refractivity contribution in [1.82, 2.24) is 0 Å². The number of hydrogen-bond acceptors (Lipinski definition) is 0. The van der Waals surface area contributed by atoms with Gasteiger partial charge in [0.05, 0.1) is 0 Å². The van der Waals surface area contributed by atoms with E-state index in [1.165, 1.54) is 25.7 Å². The van der Waals surface area contributed by atoms with Gasteiger partial charge in [-0.1, -0.05) is 74.1 Å². The van der Waals surface area contributed by atoms with Crippen molar-refractivity contribution in [2.24, 2.45) is 29.6 Å². The van der Waals surface area contributed by atoms with E-state index in [0.29, 0.717) is 0 Å². The second-order valence-electron chi connectivity index (χ2n) is 6.21. The maximum absolute atomic E-state index is 2.45. The Morgan fingerprint density at radius 1 is 0.688 bits per heavy atom. The zero-order valence-corrected chi connectivity index (χ0v) is 12.7. The first kappa shape index (κ1) is 16.0. The zero-order chi connectivity index (χ0) is 12.7. The highest BCUT2D eigenvalue weighted by Crippen LogP contribution is 2.29. The number of hydrogen-bond donors (Lipinski definition) is 0. The molecular formula is C16H34. The third-order valence-corrected chi connectivity index (χ3v) is 4.88. The van der Waals surface area contributed by atoms with Gasteiger partial charge in [0.2, 0.25) is 0 Å². The topological polar surface area (TPSA) is 0 Å². The van der Waals surface area contributed by atoms with Crippen LogP contribution >= 0.6 is 0 Å². The minimum absolute atomic E-state index is 0.832. The smallest absolute Gasteiger partial charge is 0.0394 e. The molecule has 0 bridgehead atoms. The molecule has 0 rings (SSSR count). The maximum atomic E-state index is 2.45. The van der Waals surface area contributed by atoms with Gasteiger partial charge in [-0.15, -0.1) is 0 Å². The van der Waals surface area contributed by atoms with Crippen LogP contribution < -0.4 is 0 Å². The van der Waals surface area contributed by atoms with Gasteiger partial charge in [-0.3, -0.25) is 0 Å². The van der Waals surface area contributed by atoms with E-state index in [4.69, 9.17) is 0 Å². The summed E-state index contributed by atoms with van der Waals surface area (Å²) in [6, 6.07) is 0. The van der Waals surface area contributed by atoms with Gasteiger partial charge in [0, 0.05) is 0 Å². The van der Waals surface area contributed by atoms with Crippen LogP contribution in [0.2, 0.25) is 0 Å². The van der Waals surface area contributed by atoms with Crippen molar-refractivity contribution in [3.05, 3.63) is 0 Å². The lowest BCUT2D eigenvalue weighted by molar-refractivity contribution is 0.239. The first-order chi connectivity index (χ1) is 7.43. The summed E-state index contributed by atoms with van der Waals surface area (Å²) in [5.41, 5.74) is 0. The summed E-state index contributed by atoms with van der Waals surface area (Å²) < 4.78 is 0. The summed E-state index contributed by atoms with van der Waals surface area (Å²) in [4.78, 5) is 0. The van der Waals surface area contributed by atoms with Crippen molar-refractivity contribution in [1.29, 1.82) is 0 Å². The lowest BCUT2D eigenvalue weighted by atomic mass is 9.79. The van der Waals surface area contributed by atoms with E-state index >= 15 is 0 Å². The molecule has 16 heavy (non-hydrogen) atoms. The van der Waals surface area contributed by atoms with Crippen LogP contribution in [-0.4, -0.2) is 0 Å². The van der Waals surface area contributed by atoms with Gasteiger partial charge in [0.25, 0.3) is 0 Å². The van der Waals surface area contributed by atoms with Gasteiger partial charge in [-0.05, 0) is 29.6 Å². The zero-order valence-electron chi connectivity index (χ0n) is 12.7. The fourth-order valence-electron chi connectivity index (χ4n) is 2.77. The molecule has 0 aliphatic carbocycles. The van der Waals surface area contributed by atoms with Gasteiger partial charge < -0.3 is 0 Å². The Kier molecular flexibility index (Phi) is 8.14. The Morgan fingerprint density at radius 3 is 1.50 bits per heavy atom. The maximum Gasteiger partial charge on any atom is -0.0394 e. The molecule has 0 aliphatic heterocycles. The summed E-state index contributed by atoms with van der Waals surface area (Å²) in [5.74, 6) is 4.45. The summed E-state index contributed by atoms with van der Waals surface area (Å²) in [6.45, 7) is 16.7. The molecule has 0 aromatic rings. The standard InChI is InChI=1S/C16H34/c1-8-16(9-2)14(6)11-10-13(5)15(7)12(3)4/h12-16H,8-11H2,1-7H3. The van der Waals surface area contributed by atoms with Crippen LogP contribution in [0, 0.1) is 29.6 Å². The third kappa shape index (κ3) is 5.37. The van der Waals surface area contributed by atoms with Crippen molar-refractivity contribution in [3.8, 4) is 0 Å². The first-order valence-corrected chi connectivity index (χ1v) is 7.43. The van der Waals surface area contributed by atoms with Crippen molar-refractivity contribution in [2.45, 2.75) is 74.1 Å². The fourth-order valence-corrected chi connectivity index (χ4v) is 2.77. The lowest BCUT2D eigenvalue weighted by Crippen LogP contribution is -2.17. The lowest BCUT2D eigenvalue weighted by Gasteiger charge is -2.27. The highest BCUT2D eigenvalue weighted by molar-refractivity contribution is 4.69. The van der Waals surface area contributed by atoms with Gasteiger partial charge in [-0.25, -0.2) is 0 Å². The summed E-state index contributed by atoms with van der Waals surface area (Å²) in [6.07, 6.45) is 5.54. The minimum Gasteiger partial charge on any atom is -0.0651 e. The van der Waals surface area contributed by atoms with E-state index in [1.54, 1.807) is 0 Å². The van der Waals surface area contributed by atoms with E-state index in [-0.39, 0.29) is 0 Å². The molecule has 0 fully saturated rings. The summed E-state index contributed by atoms with van der Waals surface area (Å²) in [5, 5.41) is 0. The molecule has 0 amide bonds. The predicted octanol–water partition coefficient (Wildman–Crippen LogP) is 5.77. The molecule has 0 aromatic carbocycles. The van der Waals surface area contributed by atoms with E-state index in [1.807, 2.05) is 0 Å². The van der Waals surface area contributed by atoms with Crippen LogP contribution in [-0.2, 0) is 0 Å². The van der Waals surface area contributed by atoms with Crippen molar-refractivity contribution in [3.63, 3.8) is 0 Å². The fraction of sp³-hybridized carbons (Fsp3) is 1.00. The van der Waals surface area contributed by atoms with Crippen LogP contribution in [0.5, 0.6) is 0 Å². The van der Waals surface area contributed by atoms with Gasteiger partial charge >= 0.3 is 0 Å². The summed E-state index contributed by atoms with van der Waals surface area (Å²) in [7, 11) is 0. The van der Waals surface area contributed by atoms with E-state index in [9.17, 15) is 0 Å². The Bertz CT molecular complexity index is 147. The van der Waals surface area contributed by atoms with E-state index in [2.05, 4.69) is 48.5 Å². The van der Waals surface area contributed by atoms with Crippen LogP contribution in [0.4, 0.5) is 0 Å². The van der Waals surface area contributed by atoms with Gasteiger partial charge in [0.1, 0.15) is 0 Å². The van der Waals surface area contributed by atoms with Crippen molar-refractivity contribution < 1.29 is 0 Å². The Hall–Kier alpha value is 0. The molecule has 98 valence electrons. The number of rotatable bonds is 8. The second kappa shape index (κ2) is 8.14. The molecule has 0 nitrogen and oxygen atoms in total. The molecule has 0 saturated carbocycles. The first-order valence-electron chi connectivity index (χ1n) is 7.43. The molecule has 0 spiro atoms. The van der Waals surface area contributed by atoms with Crippen LogP contribution in [0.3, 0.4) is 0 Å². The Balaban J connectivity index is 3.95. The predicted molar refractivity (Wildman–Crippen MR) is 75.6 cm³/mol. The normalized spacial score (nSPS) is 17.8. The molecule has 0 heteroatoms. The molecule has 3 unspecified atom stereocenters. The monoisotopic (exact) mass is 226 g/mol. The van der Waals surface area contributed by atoms with E-state index in [0.717, 1.165) is 29.6 Å². The Labute approximate surface area is 104 Å². The second-order valence-corrected chi connectivity index (χ2v) is 6.21. The summed E-state index contributed by atoms with van der Waals surface area (Å²) >= 11 is 0. The van der Waals surface area contributed by atoms with Gasteiger partial charge in [0.15, 0.2) is 0 Å². The quantitative estimate of drug-likeness (QED) is 0.493. The molecule has 3 atom stereocenters. The molecule has 0 aliphatic rings. The highest BCUT2D eigenvalue weighted by atomic mass is 14.2. The molecule has 0 saturated heterocycles. The highest BCUT2D eigenvalue weighted by Gasteiger charge is 2.19. The molecule has 0 heterocycles. The SMILES string of the molecule is CCC(CC)C(C)CCC(C)C(C)C(C)C.